The van der Waals surface area contributed by atoms with Crippen LogP contribution in [-0.4, -0.2) is 49.5 Å². The zero-order valence-corrected chi connectivity index (χ0v) is 19.4. The number of thioether (sulfide) groups is 1. The predicted octanol–water partition coefficient (Wildman–Crippen LogP) is 2.59. The zero-order chi connectivity index (χ0) is 23.4. The summed E-state index contributed by atoms with van der Waals surface area (Å²) >= 11 is 8.76. The van der Waals surface area contributed by atoms with Crippen molar-refractivity contribution in [3.63, 3.8) is 0 Å². The van der Waals surface area contributed by atoms with Crippen molar-refractivity contribution in [2.24, 2.45) is 5.73 Å². The number of carboxylic acids is 1. The van der Waals surface area contributed by atoms with Crippen LogP contribution >= 0.6 is 34.7 Å². The summed E-state index contributed by atoms with van der Waals surface area (Å²) in [5.74, 6) is -2.65. The zero-order valence-electron chi connectivity index (χ0n) is 17.0. The largest absolute Gasteiger partial charge is 0.480 e. The number of β-lactam (4-membered cyclic amide) rings is 1. The number of nitrogens with two attached hydrogens (primary N) is 1. The molecular weight excluding hydrogens is 472 g/mol. The molecule has 2 aromatic rings. The highest BCUT2D eigenvalue weighted by atomic mass is 35.5. The van der Waals surface area contributed by atoms with Gasteiger partial charge in [-0.1, -0.05) is 41.9 Å². The van der Waals surface area contributed by atoms with Gasteiger partial charge in [-0.05, 0) is 25.5 Å². The minimum atomic E-state index is -1.88. The number of thiophene rings is 1. The van der Waals surface area contributed by atoms with Crippen LogP contribution in [0.2, 0.25) is 5.02 Å². The summed E-state index contributed by atoms with van der Waals surface area (Å²) in [6, 6.07) is 10.8. The van der Waals surface area contributed by atoms with E-state index in [1.165, 1.54) is 23.1 Å². The molecule has 2 fully saturated rings. The lowest BCUT2D eigenvalue weighted by molar-refractivity contribution is -0.165. The van der Waals surface area contributed by atoms with Gasteiger partial charge >= 0.3 is 5.97 Å². The summed E-state index contributed by atoms with van der Waals surface area (Å²) in [5, 5.41) is 21.4. The Balaban J connectivity index is 1.58. The van der Waals surface area contributed by atoms with Crippen LogP contribution < -0.4 is 11.1 Å². The van der Waals surface area contributed by atoms with Crippen LogP contribution in [0, 0.1) is 11.3 Å². The lowest BCUT2D eigenvalue weighted by Gasteiger charge is -2.49. The number of carboxylic acid groups (broad SMARTS) is 1. The summed E-state index contributed by atoms with van der Waals surface area (Å²) in [6.45, 7) is 3.38. The molecule has 4 rings (SSSR count). The van der Waals surface area contributed by atoms with Crippen LogP contribution in [0.4, 0.5) is 0 Å². The van der Waals surface area contributed by atoms with Gasteiger partial charge in [0.2, 0.25) is 11.4 Å². The summed E-state index contributed by atoms with van der Waals surface area (Å²) < 4.78 is -0.834. The molecular formula is C21H19ClN4O4S2. The van der Waals surface area contributed by atoms with Gasteiger partial charge < -0.3 is 21.1 Å². The molecule has 0 radical (unpaired) electrons. The van der Waals surface area contributed by atoms with E-state index in [1.807, 2.05) is 36.4 Å². The van der Waals surface area contributed by atoms with Crippen molar-refractivity contribution in [2.75, 3.05) is 0 Å². The molecule has 2 aliphatic rings. The highest BCUT2D eigenvalue weighted by Gasteiger charge is 2.73. The number of carbonyl (C=O) groups excluding carboxylic acids is 2. The number of nitriles is 1. The summed E-state index contributed by atoms with van der Waals surface area (Å²) in [4.78, 5) is 40.0. The fraction of sp³-hybridized carbons (Fsp3) is 0.333. The Hall–Kier alpha value is -2.58. The number of fused-ring (bicyclic) bond motifs is 1. The summed E-state index contributed by atoms with van der Waals surface area (Å²) in [6.07, 6.45) is 0. The average Bonchev–Trinajstić information content (AvgIpc) is 3.27. The molecule has 4 atom stereocenters. The summed E-state index contributed by atoms with van der Waals surface area (Å²) in [7, 11) is 0. The van der Waals surface area contributed by atoms with E-state index in [0.717, 1.165) is 15.3 Å². The van der Waals surface area contributed by atoms with Crippen molar-refractivity contribution < 1.29 is 19.5 Å². The Morgan fingerprint density at radius 2 is 2.00 bits per heavy atom. The van der Waals surface area contributed by atoms with Crippen LogP contribution in [0.15, 0.2) is 36.4 Å². The Kier molecular flexibility index (Phi) is 5.49. The lowest BCUT2D eigenvalue weighted by atomic mass is 9.85. The van der Waals surface area contributed by atoms with Gasteiger partial charge in [0.25, 0.3) is 5.91 Å². The third-order valence-corrected chi connectivity index (χ3v) is 8.94. The molecule has 4 N–H and O–H groups in total. The van der Waals surface area contributed by atoms with Crippen LogP contribution in [0.25, 0.3) is 10.4 Å². The molecule has 2 aliphatic heterocycles. The fourth-order valence-corrected chi connectivity index (χ4v) is 7.14. The van der Waals surface area contributed by atoms with Gasteiger partial charge in [0.15, 0.2) is 0 Å². The van der Waals surface area contributed by atoms with Crippen LogP contribution in [0.1, 0.15) is 24.8 Å². The van der Waals surface area contributed by atoms with Gasteiger partial charge in [0.1, 0.15) is 23.5 Å². The molecule has 8 nitrogen and oxygen atoms in total. The Labute approximate surface area is 197 Å². The monoisotopic (exact) mass is 490 g/mol. The van der Waals surface area contributed by atoms with Gasteiger partial charge in [-0.15, -0.1) is 23.1 Å². The molecule has 166 valence electrons. The quantitative estimate of drug-likeness (QED) is 0.548. The second-order valence-corrected chi connectivity index (χ2v) is 11.3. The van der Waals surface area contributed by atoms with E-state index in [2.05, 4.69) is 5.32 Å². The number of nitrogens with one attached hydrogen (secondary N) is 1. The first kappa shape index (κ1) is 22.6. The van der Waals surface area contributed by atoms with Crippen LogP contribution in [-0.2, 0) is 14.4 Å². The molecule has 0 saturated carbocycles. The minimum Gasteiger partial charge on any atom is -0.480 e. The Morgan fingerprint density at radius 3 is 2.59 bits per heavy atom. The third kappa shape index (κ3) is 3.28. The Morgan fingerprint density at radius 1 is 1.34 bits per heavy atom. The molecule has 11 heteroatoms. The topological polar surface area (TPSA) is 137 Å². The van der Waals surface area contributed by atoms with Gasteiger partial charge in [-0.25, -0.2) is 4.79 Å². The van der Waals surface area contributed by atoms with Crippen molar-refractivity contribution >= 4 is 52.5 Å². The van der Waals surface area contributed by atoms with E-state index in [1.54, 1.807) is 19.9 Å². The number of halogens is 1. The molecule has 0 spiro atoms. The van der Waals surface area contributed by atoms with E-state index < -0.39 is 45.5 Å². The van der Waals surface area contributed by atoms with E-state index >= 15 is 0 Å². The van der Waals surface area contributed by atoms with Crippen molar-refractivity contribution in [1.82, 2.24) is 10.2 Å². The number of carbonyl (C=O) groups is 3. The van der Waals surface area contributed by atoms with Crippen molar-refractivity contribution in [1.29, 1.82) is 5.26 Å². The van der Waals surface area contributed by atoms with Crippen LogP contribution in [0.3, 0.4) is 0 Å². The maximum Gasteiger partial charge on any atom is 0.327 e. The smallest absolute Gasteiger partial charge is 0.327 e. The summed E-state index contributed by atoms with van der Waals surface area (Å²) in [5.41, 5.74) is 5.20. The number of benzene rings is 1. The first-order valence-electron chi connectivity index (χ1n) is 9.60. The van der Waals surface area contributed by atoms with Gasteiger partial charge in [-0.3, -0.25) is 9.59 Å². The number of hydrogen-bond acceptors (Lipinski definition) is 7. The van der Waals surface area contributed by atoms with E-state index in [9.17, 15) is 24.8 Å². The van der Waals surface area contributed by atoms with Crippen LogP contribution in [0.5, 0.6) is 0 Å². The molecule has 0 aliphatic carbocycles. The average molecular weight is 491 g/mol. The number of rotatable bonds is 5. The maximum atomic E-state index is 13.0. The van der Waals surface area contributed by atoms with E-state index in [4.69, 9.17) is 17.3 Å². The molecule has 1 aromatic carbocycles. The molecule has 32 heavy (non-hydrogen) atoms. The molecule has 3 heterocycles. The van der Waals surface area contributed by atoms with Gasteiger partial charge in [0.05, 0.1) is 9.90 Å². The number of amides is 2. The third-order valence-electron chi connectivity index (χ3n) is 5.61. The van der Waals surface area contributed by atoms with E-state index in [-0.39, 0.29) is 0 Å². The molecule has 2 unspecified atom stereocenters. The highest BCUT2D eigenvalue weighted by Crippen LogP contribution is 2.54. The SMILES string of the molecule is CC1(C)S[C@H]2N(C(=O)C2(C#N)NC(=O)C(N)c2sc(-c3ccccc3)cc2Cl)[C@H]1C(=O)O. The predicted molar refractivity (Wildman–Crippen MR) is 122 cm³/mol. The second kappa shape index (κ2) is 7.78. The normalized spacial score (nSPS) is 26.6. The van der Waals surface area contributed by atoms with Gasteiger partial charge in [-0.2, -0.15) is 5.26 Å². The molecule has 1 aromatic heterocycles. The second-order valence-electron chi connectivity index (χ2n) is 8.10. The fourth-order valence-electron chi connectivity index (χ4n) is 4.04. The lowest BCUT2D eigenvalue weighted by Crippen LogP contribution is -2.79. The maximum absolute atomic E-state index is 13.0. The number of nitrogens with zero attached hydrogens (tertiary/aromatic N) is 2. The van der Waals surface area contributed by atoms with E-state index in [0.29, 0.717) is 9.90 Å². The first-order chi connectivity index (χ1) is 15.0. The minimum absolute atomic E-state index is 0.311. The molecule has 2 saturated heterocycles. The number of aliphatic carboxylic acids is 1. The highest BCUT2D eigenvalue weighted by molar-refractivity contribution is 8.01. The Bertz CT molecular complexity index is 1160. The molecule has 0 bridgehead atoms. The van der Waals surface area contributed by atoms with Crippen molar-refractivity contribution in [2.45, 2.75) is 41.6 Å². The van der Waals surface area contributed by atoms with Crippen molar-refractivity contribution in [3.05, 3.63) is 46.3 Å². The van der Waals surface area contributed by atoms with Crippen molar-refractivity contribution in [3.8, 4) is 16.5 Å². The first-order valence-corrected chi connectivity index (χ1v) is 11.7. The molecule has 2 amide bonds. The number of hydrogen-bond donors (Lipinski definition) is 3. The standard InChI is InChI=1S/C21H19ClN4O4S2/c1-20(2)15(17(28)29)26-18(30)21(9-23,19(26)32-20)25-16(27)13(24)14-11(22)8-12(31-14)10-6-4-3-5-7-10/h3-8,13,15,19H,24H2,1-2H3,(H,25,27)(H,28,29)/t13?,15-,19+,21?/m0/s1. The van der Waals surface area contributed by atoms with Gasteiger partial charge in [0, 0.05) is 9.62 Å².